The molecule has 0 N–H and O–H groups in total. The second-order valence-corrected chi connectivity index (χ2v) is 2.71. The summed E-state index contributed by atoms with van der Waals surface area (Å²) in [7, 11) is 0. The van der Waals surface area contributed by atoms with Crippen molar-refractivity contribution in [2.24, 2.45) is 0 Å². The van der Waals surface area contributed by atoms with Gasteiger partial charge in [-0.2, -0.15) is 0 Å². The maximum Gasteiger partial charge on any atom is 0.303 e. The van der Waals surface area contributed by atoms with E-state index >= 15 is 0 Å². The molecule has 0 saturated carbocycles. The molecule has 0 unspecified atom stereocenters. The summed E-state index contributed by atoms with van der Waals surface area (Å²) in [6.45, 7) is 6.93. The predicted molar refractivity (Wildman–Crippen MR) is 41.5 cm³/mol. The average Bonchev–Trinajstić information content (AvgIpc) is 1.21. The number of carbonyl (C=O) groups excluding carboxylic acids is 1. The van der Waals surface area contributed by atoms with Crippen LogP contribution >= 0.6 is 0 Å². The van der Waals surface area contributed by atoms with Crippen LogP contribution in [0.3, 0.4) is 0 Å². The molecule has 0 heterocycles. The molecule has 0 bridgehead atoms. The first-order chi connectivity index (χ1) is 3.42. The second-order valence-electron chi connectivity index (χ2n) is 2.71. The van der Waals surface area contributed by atoms with Gasteiger partial charge in [-0.3, -0.25) is 4.79 Å². The lowest BCUT2D eigenvalue weighted by molar-refractivity contribution is -0.151. The van der Waals surface area contributed by atoms with Gasteiger partial charge >= 0.3 is 5.97 Å². The van der Waals surface area contributed by atoms with Gasteiger partial charge in [0.1, 0.15) is 5.60 Å². The fourth-order valence-corrected chi connectivity index (χ4v) is 0.431. The molecule has 0 aliphatic rings. The highest BCUT2D eigenvalue weighted by Crippen LogP contribution is 2.05. The van der Waals surface area contributed by atoms with Crippen molar-refractivity contribution in [1.29, 1.82) is 0 Å². The van der Waals surface area contributed by atoms with Crippen molar-refractivity contribution in [2.45, 2.75) is 33.3 Å². The van der Waals surface area contributed by atoms with Crippen LogP contribution in [0.1, 0.15) is 27.7 Å². The largest absolute Gasteiger partial charge is 0.460 e. The highest BCUT2D eigenvalue weighted by atomic mass is 16.6. The van der Waals surface area contributed by atoms with Crippen LogP contribution in [0.5, 0.6) is 0 Å². The molecule has 0 aromatic heterocycles. The van der Waals surface area contributed by atoms with Gasteiger partial charge in [0, 0.05) is 6.92 Å². The van der Waals surface area contributed by atoms with E-state index in [1.807, 2.05) is 20.8 Å². The minimum absolute atomic E-state index is 0. The number of ether oxygens (including phenoxy) is 1. The molecular weight excluding hydrogens is 115 g/mol. The Morgan fingerprint density at radius 1 is 1.33 bits per heavy atom. The second kappa shape index (κ2) is 3.54. The summed E-state index contributed by atoms with van der Waals surface area (Å²) in [5.74, 6) is -0.225. The smallest absolute Gasteiger partial charge is 0.303 e. The molecule has 0 rings (SSSR count). The molecule has 0 saturated heterocycles. The number of esters is 1. The summed E-state index contributed by atoms with van der Waals surface area (Å²) in [5, 5.41) is 0. The quantitative estimate of drug-likeness (QED) is 0.345. The van der Waals surface area contributed by atoms with Gasteiger partial charge in [0.15, 0.2) is 0 Å². The van der Waals surface area contributed by atoms with Gasteiger partial charge in [-0.25, -0.2) is 0 Å². The molecule has 0 aliphatic carbocycles. The normalized spacial score (nSPS) is 9.78. The molecule has 0 aliphatic heterocycles. The molecule has 9 heavy (non-hydrogen) atoms. The molecule has 0 aromatic rings. The lowest BCUT2D eigenvalue weighted by Crippen LogP contribution is -2.21. The average molecular weight is 130 g/mol. The topological polar surface area (TPSA) is 26.3 Å². The van der Waals surface area contributed by atoms with Crippen molar-refractivity contribution in [1.82, 2.24) is 0 Å². The Morgan fingerprint density at radius 3 is 1.67 bits per heavy atom. The third-order valence-corrected chi connectivity index (χ3v) is 0.450. The molecule has 54 valence electrons. The van der Waals surface area contributed by atoms with E-state index in [-0.39, 0.29) is 20.0 Å². The minimum Gasteiger partial charge on any atom is -0.460 e. The SMILES string of the molecule is B.CC(=O)OC(C)(C)C. The highest BCUT2D eigenvalue weighted by molar-refractivity contribution is 5.75. The molecule has 0 spiro atoms. The Bertz CT molecular complexity index is 93.7. The monoisotopic (exact) mass is 130 g/mol. The highest BCUT2D eigenvalue weighted by Gasteiger charge is 2.11. The van der Waals surface area contributed by atoms with Crippen LogP contribution in [0, 0.1) is 0 Å². The number of rotatable bonds is 0. The number of hydrogen-bond donors (Lipinski definition) is 0. The van der Waals surface area contributed by atoms with Crippen molar-refractivity contribution in [3.63, 3.8) is 0 Å². The van der Waals surface area contributed by atoms with Gasteiger partial charge in [-0.15, -0.1) is 0 Å². The lowest BCUT2D eigenvalue weighted by atomic mass is 10.2. The van der Waals surface area contributed by atoms with Crippen LogP contribution in [0.4, 0.5) is 0 Å². The van der Waals surface area contributed by atoms with Crippen molar-refractivity contribution >= 4 is 14.4 Å². The molecule has 0 radical (unpaired) electrons. The van der Waals surface area contributed by atoms with E-state index in [0.29, 0.717) is 0 Å². The Kier molecular flexibility index (Phi) is 4.46. The van der Waals surface area contributed by atoms with Crippen LogP contribution in [-0.2, 0) is 9.53 Å². The van der Waals surface area contributed by atoms with Crippen molar-refractivity contribution < 1.29 is 9.53 Å². The summed E-state index contributed by atoms with van der Waals surface area (Å²) in [5.41, 5.74) is -0.328. The summed E-state index contributed by atoms with van der Waals surface area (Å²) in [6.07, 6.45) is 0. The zero-order chi connectivity index (χ0) is 6.78. The summed E-state index contributed by atoms with van der Waals surface area (Å²) in [6, 6.07) is 0. The van der Waals surface area contributed by atoms with Crippen LogP contribution in [0.25, 0.3) is 0 Å². The summed E-state index contributed by atoms with van der Waals surface area (Å²) >= 11 is 0. The number of hydrogen-bond acceptors (Lipinski definition) is 2. The fourth-order valence-electron chi connectivity index (χ4n) is 0.431. The molecule has 2 nitrogen and oxygen atoms in total. The van der Waals surface area contributed by atoms with Crippen molar-refractivity contribution in [3.05, 3.63) is 0 Å². The Morgan fingerprint density at radius 2 is 1.67 bits per heavy atom. The number of carbonyl (C=O) groups is 1. The van der Waals surface area contributed by atoms with E-state index in [0.717, 1.165) is 0 Å². The van der Waals surface area contributed by atoms with Gasteiger partial charge in [-0.05, 0) is 20.8 Å². The first-order valence-electron chi connectivity index (χ1n) is 2.61. The third kappa shape index (κ3) is 11.2. The van der Waals surface area contributed by atoms with Crippen LogP contribution in [-0.4, -0.2) is 20.0 Å². The molecule has 0 amide bonds. The maximum absolute atomic E-state index is 10.2. The van der Waals surface area contributed by atoms with Gasteiger partial charge in [0.05, 0.1) is 8.41 Å². The molecule has 0 atom stereocenters. The fraction of sp³-hybridized carbons (Fsp3) is 0.833. The van der Waals surface area contributed by atoms with Crippen LogP contribution < -0.4 is 0 Å². The van der Waals surface area contributed by atoms with Gasteiger partial charge in [0.25, 0.3) is 0 Å². The van der Waals surface area contributed by atoms with Crippen LogP contribution in [0.2, 0.25) is 0 Å². The first-order valence-corrected chi connectivity index (χ1v) is 2.61. The van der Waals surface area contributed by atoms with Gasteiger partial charge < -0.3 is 4.74 Å². The van der Waals surface area contributed by atoms with Gasteiger partial charge in [0.2, 0.25) is 0 Å². The lowest BCUT2D eigenvalue weighted by Gasteiger charge is -2.17. The van der Waals surface area contributed by atoms with E-state index in [9.17, 15) is 4.79 Å². The summed E-state index contributed by atoms with van der Waals surface area (Å²) in [4.78, 5) is 10.2. The van der Waals surface area contributed by atoms with E-state index < -0.39 is 0 Å². The Labute approximate surface area is 58.2 Å². The molecule has 3 heteroatoms. The zero-order valence-electron chi connectivity index (χ0n) is 5.82. The molecule has 0 fully saturated rings. The Balaban J connectivity index is 0. The molecular formula is C6H15BO2. The van der Waals surface area contributed by atoms with E-state index in [1.54, 1.807) is 0 Å². The maximum atomic E-state index is 10.2. The molecule has 0 aromatic carbocycles. The predicted octanol–water partition coefficient (Wildman–Crippen LogP) is 0.164. The Hall–Kier alpha value is -0.465. The van der Waals surface area contributed by atoms with E-state index in [4.69, 9.17) is 4.74 Å². The minimum atomic E-state index is -0.328. The van der Waals surface area contributed by atoms with Crippen molar-refractivity contribution in [3.8, 4) is 0 Å². The van der Waals surface area contributed by atoms with Gasteiger partial charge in [-0.1, -0.05) is 0 Å². The van der Waals surface area contributed by atoms with Crippen molar-refractivity contribution in [2.75, 3.05) is 0 Å². The van der Waals surface area contributed by atoms with E-state index in [2.05, 4.69) is 0 Å². The van der Waals surface area contributed by atoms with Crippen LogP contribution in [0.15, 0.2) is 0 Å². The van der Waals surface area contributed by atoms with E-state index in [1.165, 1.54) is 6.92 Å². The summed E-state index contributed by atoms with van der Waals surface area (Å²) < 4.78 is 4.80. The third-order valence-electron chi connectivity index (χ3n) is 0.450. The first kappa shape index (κ1) is 11.3. The zero-order valence-corrected chi connectivity index (χ0v) is 5.82. The standard InChI is InChI=1S/C6H12O2.BH3/c1-5(7)8-6(2,3)4;/h1-4H3;1H3.